The van der Waals surface area contributed by atoms with Gasteiger partial charge in [-0.25, -0.2) is 0 Å². The first-order chi connectivity index (χ1) is 8.45. The minimum atomic E-state index is 0.0577. The van der Waals surface area contributed by atoms with Crippen LogP contribution in [0.3, 0.4) is 0 Å². The molecule has 1 aromatic carbocycles. The van der Waals surface area contributed by atoms with Gasteiger partial charge in [0, 0.05) is 6.42 Å². The SMILES string of the molecule is CC(C)(C)c1ccccc1OCCC/C(N)=N/O. The summed E-state index contributed by atoms with van der Waals surface area (Å²) in [6.07, 6.45) is 1.27. The summed E-state index contributed by atoms with van der Waals surface area (Å²) >= 11 is 0. The third-order valence-electron chi connectivity index (χ3n) is 2.66. The Morgan fingerprint density at radius 1 is 1.33 bits per heavy atom. The summed E-state index contributed by atoms with van der Waals surface area (Å²) in [5, 5.41) is 11.4. The second kappa shape index (κ2) is 6.28. The molecule has 1 rings (SSSR count). The molecule has 0 heterocycles. The third-order valence-corrected chi connectivity index (χ3v) is 2.66. The average molecular weight is 250 g/mol. The van der Waals surface area contributed by atoms with Crippen molar-refractivity contribution in [1.29, 1.82) is 0 Å². The maximum absolute atomic E-state index is 8.42. The molecule has 0 aliphatic rings. The van der Waals surface area contributed by atoms with E-state index in [0.717, 1.165) is 12.2 Å². The number of ether oxygens (including phenoxy) is 1. The first kappa shape index (κ1) is 14.4. The molecule has 18 heavy (non-hydrogen) atoms. The monoisotopic (exact) mass is 250 g/mol. The van der Waals surface area contributed by atoms with E-state index in [2.05, 4.69) is 32.0 Å². The van der Waals surface area contributed by atoms with Crippen LogP contribution >= 0.6 is 0 Å². The van der Waals surface area contributed by atoms with Gasteiger partial charge in [0.2, 0.25) is 0 Å². The molecule has 3 N–H and O–H groups in total. The van der Waals surface area contributed by atoms with Crippen LogP contribution in [-0.4, -0.2) is 17.6 Å². The predicted octanol–water partition coefficient (Wildman–Crippen LogP) is 2.89. The minimum Gasteiger partial charge on any atom is -0.493 e. The average Bonchev–Trinajstić information content (AvgIpc) is 2.33. The van der Waals surface area contributed by atoms with Crippen molar-refractivity contribution in [1.82, 2.24) is 0 Å². The van der Waals surface area contributed by atoms with Gasteiger partial charge in [0.15, 0.2) is 0 Å². The number of oxime groups is 1. The number of rotatable bonds is 5. The van der Waals surface area contributed by atoms with E-state index in [1.165, 1.54) is 5.56 Å². The molecule has 0 aliphatic carbocycles. The Kier molecular flexibility index (Phi) is 5.01. The first-order valence-corrected chi connectivity index (χ1v) is 6.14. The first-order valence-electron chi connectivity index (χ1n) is 6.14. The van der Waals surface area contributed by atoms with Crippen molar-refractivity contribution in [3.8, 4) is 5.75 Å². The maximum atomic E-state index is 8.42. The van der Waals surface area contributed by atoms with E-state index in [1.807, 2.05) is 18.2 Å². The molecule has 0 radical (unpaired) electrons. The number of nitrogens with two attached hydrogens (primary N) is 1. The zero-order valence-electron chi connectivity index (χ0n) is 11.3. The lowest BCUT2D eigenvalue weighted by atomic mass is 9.86. The van der Waals surface area contributed by atoms with Gasteiger partial charge in [0.25, 0.3) is 0 Å². The van der Waals surface area contributed by atoms with Crippen LogP contribution in [-0.2, 0) is 5.41 Å². The van der Waals surface area contributed by atoms with E-state index in [4.69, 9.17) is 15.7 Å². The zero-order chi connectivity index (χ0) is 13.6. The van der Waals surface area contributed by atoms with Gasteiger partial charge >= 0.3 is 0 Å². The van der Waals surface area contributed by atoms with E-state index in [0.29, 0.717) is 13.0 Å². The summed E-state index contributed by atoms with van der Waals surface area (Å²) in [4.78, 5) is 0. The normalized spacial score (nSPS) is 12.5. The predicted molar refractivity (Wildman–Crippen MR) is 73.3 cm³/mol. The second-order valence-corrected chi connectivity index (χ2v) is 5.29. The topological polar surface area (TPSA) is 67.8 Å². The van der Waals surface area contributed by atoms with Gasteiger partial charge in [-0.05, 0) is 23.5 Å². The Labute approximate surface area is 108 Å². The lowest BCUT2D eigenvalue weighted by molar-refractivity contribution is 0.300. The molecular weight excluding hydrogens is 228 g/mol. The highest BCUT2D eigenvalue weighted by molar-refractivity contribution is 5.79. The molecule has 4 heteroatoms. The molecule has 0 atom stereocenters. The molecule has 100 valence electrons. The number of nitrogens with zero attached hydrogens (tertiary/aromatic N) is 1. The summed E-state index contributed by atoms with van der Waals surface area (Å²) in [7, 11) is 0. The van der Waals surface area contributed by atoms with Crippen LogP contribution in [0, 0.1) is 0 Å². The summed E-state index contributed by atoms with van der Waals surface area (Å²) < 4.78 is 5.77. The fourth-order valence-corrected chi connectivity index (χ4v) is 1.70. The third kappa shape index (κ3) is 4.28. The molecule has 0 bridgehead atoms. The molecule has 4 nitrogen and oxygen atoms in total. The Morgan fingerprint density at radius 2 is 2.00 bits per heavy atom. The quantitative estimate of drug-likeness (QED) is 0.277. The number of hydrogen-bond donors (Lipinski definition) is 2. The molecule has 0 saturated carbocycles. The smallest absolute Gasteiger partial charge is 0.139 e. The Hall–Kier alpha value is -1.71. The lowest BCUT2D eigenvalue weighted by Crippen LogP contribution is -2.15. The van der Waals surface area contributed by atoms with Gasteiger partial charge in [-0.15, -0.1) is 0 Å². The highest BCUT2D eigenvalue weighted by atomic mass is 16.5. The lowest BCUT2D eigenvalue weighted by Gasteiger charge is -2.22. The number of para-hydroxylation sites is 1. The zero-order valence-corrected chi connectivity index (χ0v) is 11.3. The van der Waals surface area contributed by atoms with E-state index in [1.54, 1.807) is 0 Å². The van der Waals surface area contributed by atoms with Crippen LogP contribution in [0.15, 0.2) is 29.4 Å². The molecule has 0 saturated heterocycles. The van der Waals surface area contributed by atoms with Crippen LogP contribution in [0.4, 0.5) is 0 Å². The fourth-order valence-electron chi connectivity index (χ4n) is 1.70. The molecule has 1 aromatic rings. The molecular formula is C14H22N2O2. The van der Waals surface area contributed by atoms with Crippen molar-refractivity contribution in [2.45, 2.75) is 39.0 Å². The van der Waals surface area contributed by atoms with Crippen molar-refractivity contribution < 1.29 is 9.94 Å². The van der Waals surface area contributed by atoms with E-state index in [-0.39, 0.29) is 11.3 Å². The Balaban J connectivity index is 2.58. The van der Waals surface area contributed by atoms with E-state index in [9.17, 15) is 0 Å². The number of amidine groups is 1. The summed E-state index contributed by atoms with van der Waals surface area (Å²) in [6, 6.07) is 8.04. The summed E-state index contributed by atoms with van der Waals surface area (Å²) in [5.41, 5.74) is 6.64. The van der Waals surface area contributed by atoms with Crippen molar-refractivity contribution in [2.75, 3.05) is 6.61 Å². The van der Waals surface area contributed by atoms with Gasteiger partial charge in [-0.2, -0.15) is 0 Å². The molecule has 0 unspecified atom stereocenters. The minimum absolute atomic E-state index is 0.0577. The van der Waals surface area contributed by atoms with Crippen molar-refractivity contribution in [3.05, 3.63) is 29.8 Å². The van der Waals surface area contributed by atoms with E-state index < -0.39 is 0 Å². The van der Waals surface area contributed by atoms with Crippen LogP contribution < -0.4 is 10.5 Å². The largest absolute Gasteiger partial charge is 0.493 e. The summed E-state index contributed by atoms with van der Waals surface area (Å²) in [5.74, 6) is 1.15. The van der Waals surface area contributed by atoms with Gasteiger partial charge < -0.3 is 15.7 Å². The fraction of sp³-hybridized carbons (Fsp3) is 0.500. The van der Waals surface area contributed by atoms with Gasteiger partial charge in [0.1, 0.15) is 11.6 Å². The molecule has 0 fully saturated rings. The van der Waals surface area contributed by atoms with Gasteiger partial charge in [-0.1, -0.05) is 44.1 Å². The van der Waals surface area contributed by atoms with Crippen LogP contribution in [0.1, 0.15) is 39.2 Å². The van der Waals surface area contributed by atoms with Crippen LogP contribution in [0.5, 0.6) is 5.75 Å². The Bertz CT molecular complexity index is 409. The second-order valence-electron chi connectivity index (χ2n) is 5.29. The van der Waals surface area contributed by atoms with Crippen molar-refractivity contribution in [3.63, 3.8) is 0 Å². The van der Waals surface area contributed by atoms with E-state index >= 15 is 0 Å². The van der Waals surface area contributed by atoms with Crippen molar-refractivity contribution in [2.24, 2.45) is 10.9 Å². The van der Waals surface area contributed by atoms with Gasteiger partial charge in [-0.3, -0.25) is 0 Å². The number of hydrogen-bond acceptors (Lipinski definition) is 3. The molecule has 0 aromatic heterocycles. The van der Waals surface area contributed by atoms with Crippen LogP contribution in [0.25, 0.3) is 0 Å². The van der Waals surface area contributed by atoms with Gasteiger partial charge in [0.05, 0.1) is 6.61 Å². The molecule has 0 spiro atoms. The molecule has 0 amide bonds. The van der Waals surface area contributed by atoms with Crippen molar-refractivity contribution >= 4 is 5.84 Å². The number of benzene rings is 1. The maximum Gasteiger partial charge on any atom is 0.139 e. The standard InChI is InChI=1S/C14H22N2O2/c1-14(2,3)11-7-4-5-8-12(11)18-10-6-9-13(15)16-17/h4-5,7-8,17H,6,9-10H2,1-3H3,(H2,15,16). The Morgan fingerprint density at radius 3 is 2.61 bits per heavy atom. The van der Waals surface area contributed by atoms with Crippen LogP contribution in [0.2, 0.25) is 0 Å². The highest BCUT2D eigenvalue weighted by Gasteiger charge is 2.18. The molecule has 0 aliphatic heterocycles. The summed E-state index contributed by atoms with van der Waals surface area (Å²) in [6.45, 7) is 7.03. The highest BCUT2D eigenvalue weighted by Crippen LogP contribution is 2.30.